The Labute approximate surface area is 114 Å². The zero-order chi connectivity index (χ0) is 14.9. The van der Waals surface area contributed by atoms with E-state index >= 15 is 0 Å². The topological polar surface area (TPSA) is 102 Å². The lowest BCUT2D eigenvalue weighted by Gasteiger charge is -2.02. The molecule has 6 heteroatoms. The minimum Gasteiger partial charge on any atom is -0.478 e. The minimum atomic E-state index is -1.07. The fraction of sp³-hybridized carbons (Fsp3) is 0.214. The van der Waals surface area contributed by atoms with Gasteiger partial charge in [0, 0.05) is 24.9 Å². The summed E-state index contributed by atoms with van der Waals surface area (Å²) in [6, 6.07) is 4.74. The van der Waals surface area contributed by atoms with Gasteiger partial charge in [-0.05, 0) is 24.1 Å². The summed E-state index contributed by atoms with van der Waals surface area (Å²) in [5.41, 5.74) is 6.39. The standard InChI is InChI=1S/C14H14N2O4/c1-8(17)16-7-9(5-6-12(15)18)13-10(14(19)20)3-2-4-11(13)16/h2-4,7H,5-6H2,1H3,(H2,15,18)(H,19,20). The van der Waals surface area contributed by atoms with Crippen LogP contribution in [-0.4, -0.2) is 27.5 Å². The van der Waals surface area contributed by atoms with Crippen molar-refractivity contribution >= 4 is 28.7 Å². The van der Waals surface area contributed by atoms with E-state index in [0.29, 0.717) is 22.9 Å². The van der Waals surface area contributed by atoms with Crippen LogP contribution in [0.5, 0.6) is 0 Å². The number of carbonyl (C=O) groups is 3. The van der Waals surface area contributed by atoms with Gasteiger partial charge in [-0.25, -0.2) is 4.79 Å². The summed E-state index contributed by atoms with van der Waals surface area (Å²) in [4.78, 5) is 33.8. The Kier molecular flexibility index (Phi) is 3.56. The van der Waals surface area contributed by atoms with Gasteiger partial charge in [-0.1, -0.05) is 6.07 Å². The van der Waals surface area contributed by atoms with E-state index in [4.69, 9.17) is 5.73 Å². The molecule has 6 nitrogen and oxygen atoms in total. The highest BCUT2D eigenvalue weighted by Crippen LogP contribution is 2.26. The minimum absolute atomic E-state index is 0.102. The number of nitrogens with two attached hydrogens (primary N) is 1. The molecule has 0 atom stereocenters. The van der Waals surface area contributed by atoms with Gasteiger partial charge in [0.15, 0.2) is 0 Å². The van der Waals surface area contributed by atoms with Crippen LogP contribution >= 0.6 is 0 Å². The Balaban J connectivity index is 2.69. The molecule has 1 aromatic heterocycles. The van der Waals surface area contributed by atoms with Crippen LogP contribution in [0.4, 0.5) is 0 Å². The number of aromatic nitrogens is 1. The van der Waals surface area contributed by atoms with Crippen molar-refractivity contribution < 1.29 is 19.5 Å². The zero-order valence-electron chi connectivity index (χ0n) is 10.9. The van der Waals surface area contributed by atoms with Crippen molar-refractivity contribution in [3.8, 4) is 0 Å². The maximum Gasteiger partial charge on any atom is 0.336 e. The molecule has 1 heterocycles. The number of rotatable bonds is 4. The Morgan fingerprint density at radius 3 is 2.55 bits per heavy atom. The third-order valence-electron chi connectivity index (χ3n) is 3.12. The van der Waals surface area contributed by atoms with Crippen molar-refractivity contribution in [1.29, 1.82) is 0 Å². The number of fused-ring (bicyclic) bond motifs is 1. The van der Waals surface area contributed by atoms with E-state index in [2.05, 4.69) is 0 Å². The lowest BCUT2D eigenvalue weighted by Crippen LogP contribution is -2.11. The molecule has 2 aromatic rings. The molecule has 0 bridgehead atoms. The van der Waals surface area contributed by atoms with Crippen molar-refractivity contribution in [2.75, 3.05) is 0 Å². The van der Waals surface area contributed by atoms with Crippen molar-refractivity contribution in [2.45, 2.75) is 19.8 Å². The average molecular weight is 274 g/mol. The summed E-state index contributed by atoms with van der Waals surface area (Å²) in [5.74, 6) is -1.76. The average Bonchev–Trinajstić information content (AvgIpc) is 2.75. The van der Waals surface area contributed by atoms with Gasteiger partial charge in [0.05, 0.1) is 11.1 Å². The lowest BCUT2D eigenvalue weighted by atomic mass is 10.0. The number of primary amides is 1. The summed E-state index contributed by atoms with van der Waals surface area (Å²) < 4.78 is 1.39. The molecule has 0 saturated carbocycles. The molecule has 1 amide bonds. The largest absolute Gasteiger partial charge is 0.478 e. The number of carboxylic acids is 1. The predicted octanol–water partition coefficient (Wildman–Crippen LogP) is 1.42. The molecule has 3 N–H and O–H groups in total. The Morgan fingerprint density at radius 2 is 2.00 bits per heavy atom. The highest BCUT2D eigenvalue weighted by molar-refractivity contribution is 6.06. The summed E-state index contributed by atoms with van der Waals surface area (Å²) >= 11 is 0. The van der Waals surface area contributed by atoms with Crippen LogP contribution in [0.1, 0.15) is 34.1 Å². The predicted molar refractivity (Wildman–Crippen MR) is 72.7 cm³/mol. The Morgan fingerprint density at radius 1 is 1.30 bits per heavy atom. The number of amides is 1. The molecular formula is C14H14N2O4. The molecule has 104 valence electrons. The zero-order valence-corrected chi connectivity index (χ0v) is 10.9. The van der Waals surface area contributed by atoms with Crippen LogP contribution in [0.15, 0.2) is 24.4 Å². The molecule has 0 spiro atoms. The maximum absolute atomic E-state index is 11.6. The summed E-state index contributed by atoms with van der Waals surface area (Å²) in [6.07, 6.45) is 1.98. The molecule has 0 aliphatic heterocycles. The van der Waals surface area contributed by atoms with Crippen LogP contribution in [0, 0.1) is 0 Å². The van der Waals surface area contributed by atoms with Crippen LogP contribution in [0.25, 0.3) is 10.9 Å². The van der Waals surface area contributed by atoms with Crippen LogP contribution < -0.4 is 5.73 Å². The molecule has 0 fully saturated rings. The van der Waals surface area contributed by atoms with Crippen LogP contribution in [0.3, 0.4) is 0 Å². The van der Waals surface area contributed by atoms with Crippen molar-refractivity contribution in [3.63, 3.8) is 0 Å². The summed E-state index contributed by atoms with van der Waals surface area (Å²) in [5, 5.41) is 9.73. The van der Waals surface area contributed by atoms with Gasteiger partial charge in [0.1, 0.15) is 0 Å². The fourth-order valence-corrected chi connectivity index (χ4v) is 2.25. The number of carboxylic acid groups (broad SMARTS) is 1. The SMILES string of the molecule is CC(=O)n1cc(CCC(N)=O)c2c(C(=O)O)cccc21. The first-order chi connectivity index (χ1) is 9.41. The van der Waals surface area contributed by atoms with Gasteiger partial charge < -0.3 is 10.8 Å². The number of aryl methyl sites for hydroxylation is 1. The van der Waals surface area contributed by atoms with Gasteiger partial charge in [-0.2, -0.15) is 0 Å². The lowest BCUT2D eigenvalue weighted by molar-refractivity contribution is -0.117. The van der Waals surface area contributed by atoms with Crippen molar-refractivity contribution in [3.05, 3.63) is 35.5 Å². The van der Waals surface area contributed by atoms with E-state index in [1.54, 1.807) is 18.3 Å². The first-order valence-corrected chi connectivity index (χ1v) is 6.07. The van der Waals surface area contributed by atoms with E-state index < -0.39 is 11.9 Å². The first kappa shape index (κ1) is 13.8. The van der Waals surface area contributed by atoms with Crippen molar-refractivity contribution in [1.82, 2.24) is 4.57 Å². The van der Waals surface area contributed by atoms with Crippen LogP contribution in [-0.2, 0) is 11.2 Å². The number of hydrogen-bond acceptors (Lipinski definition) is 3. The number of aromatic carboxylic acids is 1. The quantitative estimate of drug-likeness (QED) is 0.879. The third kappa shape index (κ3) is 2.40. The maximum atomic E-state index is 11.6. The van der Waals surface area contributed by atoms with E-state index in [1.165, 1.54) is 17.6 Å². The molecule has 0 aliphatic carbocycles. The number of nitrogens with zero attached hydrogens (tertiary/aromatic N) is 1. The second-order valence-electron chi connectivity index (χ2n) is 4.51. The van der Waals surface area contributed by atoms with E-state index in [0.717, 1.165) is 0 Å². The normalized spacial score (nSPS) is 10.7. The second kappa shape index (κ2) is 5.16. The summed E-state index contributed by atoms with van der Waals surface area (Å²) in [7, 11) is 0. The molecule has 0 radical (unpaired) electrons. The first-order valence-electron chi connectivity index (χ1n) is 6.07. The molecule has 0 saturated heterocycles. The van der Waals surface area contributed by atoms with Crippen molar-refractivity contribution in [2.24, 2.45) is 5.73 Å². The molecule has 20 heavy (non-hydrogen) atoms. The number of hydrogen-bond donors (Lipinski definition) is 2. The van der Waals surface area contributed by atoms with Gasteiger partial charge in [-0.3, -0.25) is 14.2 Å². The van der Waals surface area contributed by atoms with E-state index in [-0.39, 0.29) is 17.9 Å². The van der Waals surface area contributed by atoms with Gasteiger partial charge in [0.25, 0.3) is 0 Å². The van der Waals surface area contributed by atoms with E-state index in [9.17, 15) is 19.5 Å². The molecular weight excluding hydrogens is 260 g/mol. The molecule has 0 aliphatic rings. The fourth-order valence-electron chi connectivity index (χ4n) is 2.25. The summed E-state index contributed by atoms with van der Waals surface area (Å²) in [6.45, 7) is 1.39. The molecule has 1 aromatic carbocycles. The Hall–Kier alpha value is -2.63. The highest BCUT2D eigenvalue weighted by atomic mass is 16.4. The number of benzene rings is 1. The number of carbonyl (C=O) groups excluding carboxylic acids is 2. The van der Waals surface area contributed by atoms with Crippen LogP contribution in [0.2, 0.25) is 0 Å². The second-order valence-corrected chi connectivity index (χ2v) is 4.51. The smallest absolute Gasteiger partial charge is 0.336 e. The highest BCUT2D eigenvalue weighted by Gasteiger charge is 2.17. The monoisotopic (exact) mass is 274 g/mol. The third-order valence-corrected chi connectivity index (χ3v) is 3.12. The molecule has 2 rings (SSSR count). The van der Waals surface area contributed by atoms with Gasteiger partial charge in [-0.15, -0.1) is 0 Å². The van der Waals surface area contributed by atoms with Gasteiger partial charge in [0.2, 0.25) is 11.8 Å². The molecule has 0 unspecified atom stereocenters. The Bertz CT molecular complexity index is 715. The van der Waals surface area contributed by atoms with E-state index in [1.807, 2.05) is 0 Å². The van der Waals surface area contributed by atoms with Gasteiger partial charge >= 0.3 is 5.97 Å².